The summed E-state index contributed by atoms with van der Waals surface area (Å²) in [6.07, 6.45) is 1.63. The van der Waals surface area contributed by atoms with Crippen molar-refractivity contribution in [1.82, 2.24) is 19.4 Å². The summed E-state index contributed by atoms with van der Waals surface area (Å²) < 4.78 is 8.13. The van der Waals surface area contributed by atoms with Crippen LogP contribution in [0.1, 0.15) is 41.6 Å². The summed E-state index contributed by atoms with van der Waals surface area (Å²) in [6.45, 7) is 5.88. The van der Waals surface area contributed by atoms with Gasteiger partial charge in [-0.1, -0.05) is 44.2 Å². The standard InChI is InChI=1S/C26H28N4O2/c1-19(2)20-11-13-21(14-12-20)32-17-16-30-24-10-5-4-8-22(24)28-25(30)18-29(3)26(31)23-9-6-7-15-27-23/h4-15,19H,16-18H2,1-3H3. The third-order valence-electron chi connectivity index (χ3n) is 5.47. The molecule has 2 heterocycles. The second kappa shape index (κ2) is 9.64. The van der Waals surface area contributed by atoms with Crippen molar-refractivity contribution in [1.29, 1.82) is 0 Å². The SMILES string of the molecule is CC(C)c1ccc(OCCn2c(CN(C)C(=O)c3ccccn3)nc3ccccc32)cc1. The van der Waals surface area contributed by atoms with Crippen LogP contribution in [-0.4, -0.2) is 39.0 Å². The summed E-state index contributed by atoms with van der Waals surface area (Å²) in [5, 5.41) is 0. The largest absolute Gasteiger partial charge is 0.492 e. The molecule has 0 aliphatic carbocycles. The highest BCUT2D eigenvalue weighted by molar-refractivity contribution is 5.92. The minimum absolute atomic E-state index is 0.134. The number of amides is 1. The van der Waals surface area contributed by atoms with Gasteiger partial charge < -0.3 is 14.2 Å². The lowest BCUT2D eigenvalue weighted by Crippen LogP contribution is -2.28. The minimum atomic E-state index is -0.134. The van der Waals surface area contributed by atoms with Crippen molar-refractivity contribution in [3.63, 3.8) is 0 Å². The number of nitrogens with zero attached hydrogens (tertiary/aromatic N) is 4. The monoisotopic (exact) mass is 428 g/mol. The van der Waals surface area contributed by atoms with E-state index in [4.69, 9.17) is 9.72 Å². The first kappa shape index (κ1) is 21.6. The van der Waals surface area contributed by atoms with Crippen LogP contribution in [0.4, 0.5) is 0 Å². The number of hydrogen-bond donors (Lipinski definition) is 0. The molecule has 0 bridgehead atoms. The van der Waals surface area contributed by atoms with Gasteiger partial charge in [0.1, 0.15) is 23.9 Å². The van der Waals surface area contributed by atoms with Crippen molar-refractivity contribution in [3.05, 3.63) is 90.0 Å². The molecule has 0 aliphatic rings. The molecular weight excluding hydrogens is 400 g/mol. The number of ether oxygens (including phenoxy) is 1. The average Bonchev–Trinajstić information content (AvgIpc) is 3.16. The van der Waals surface area contributed by atoms with Gasteiger partial charge in [-0.2, -0.15) is 0 Å². The van der Waals surface area contributed by atoms with Gasteiger partial charge in [0.15, 0.2) is 0 Å². The van der Waals surface area contributed by atoms with Crippen molar-refractivity contribution in [3.8, 4) is 5.75 Å². The third-order valence-corrected chi connectivity index (χ3v) is 5.47. The molecular formula is C26H28N4O2. The highest BCUT2D eigenvalue weighted by Crippen LogP contribution is 2.20. The lowest BCUT2D eigenvalue weighted by atomic mass is 10.0. The number of aromatic nitrogens is 3. The molecule has 0 aliphatic heterocycles. The van der Waals surface area contributed by atoms with Gasteiger partial charge in [-0.3, -0.25) is 9.78 Å². The Labute approximate surface area is 188 Å². The van der Waals surface area contributed by atoms with Crippen molar-refractivity contribution in [2.45, 2.75) is 32.9 Å². The lowest BCUT2D eigenvalue weighted by Gasteiger charge is -2.18. The number of hydrogen-bond acceptors (Lipinski definition) is 4. The Bertz CT molecular complexity index is 1180. The Kier molecular flexibility index (Phi) is 6.50. The van der Waals surface area contributed by atoms with Crippen LogP contribution in [0.3, 0.4) is 0 Å². The number of imidazole rings is 1. The summed E-state index contributed by atoms with van der Waals surface area (Å²) in [4.78, 5) is 23.3. The van der Waals surface area contributed by atoms with Gasteiger partial charge in [0, 0.05) is 13.2 Å². The van der Waals surface area contributed by atoms with Crippen LogP contribution in [0.5, 0.6) is 5.75 Å². The number of benzene rings is 2. The predicted octanol–water partition coefficient (Wildman–Crippen LogP) is 4.91. The molecule has 4 aromatic rings. The number of para-hydroxylation sites is 2. The minimum Gasteiger partial charge on any atom is -0.492 e. The third kappa shape index (κ3) is 4.80. The normalized spacial score (nSPS) is 11.1. The maximum Gasteiger partial charge on any atom is 0.272 e. The van der Waals surface area contributed by atoms with E-state index >= 15 is 0 Å². The number of carbonyl (C=O) groups is 1. The molecule has 32 heavy (non-hydrogen) atoms. The Hall–Kier alpha value is -3.67. The first-order valence-corrected chi connectivity index (χ1v) is 10.9. The molecule has 4 rings (SSSR count). The van der Waals surface area contributed by atoms with Crippen LogP contribution in [0.2, 0.25) is 0 Å². The smallest absolute Gasteiger partial charge is 0.272 e. The Morgan fingerprint density at radius 2 is 1.78 bits per heavy atom. The molecule has 2 aromatic heterocycles. The van der Waals surface area contributed by atoms with Crippen LogP contribution >= 0.6 is 0 Å². The fraction of sp³-hybridized carbons (Fsp3) is 0.269. The zero-order valence-corrected chi connectivity index (χ0v) is 18.7. The zero-order valence-electron chi connectivity index (χ0n) is 18.7. The van der Waals surface area contributed by atoms with E-state index in [1.165, 1.54) is 5.56 Å². The molecule has 0 fully saturated rings. The molecule has 164 valence electrons. The van der Waals surface area contributed by atoms with Crippen LogP contribution in [0.25, 0.3) is 11.0 Å². The van der Waals surface area contributed by atoms with E-state index in [9.17, 15) is 4.79 Å². The number of fused-ring (bicyclic) bond motifs is 1. The van der Waals surface area contributed by atoms with E-state index in [0.29, 0.717) is 31.3 Å². The molecule has 0 unspecified atom stereocenters. The second-order valence-electron chi connectivity index (χ2n) is 8.12. The lowest BCUT2D eigenvalue weighted by molar-refractivity contribution is 0.0774. The molecule has 0 saturated heterocycles. The van der Waals surface area contributed by atoms with E-state index in [1.807, 2.05) is 42.5 Å². The molecule has 0 atom stereocenters. The highest BCUT2D eigenvalue weighted by atomic mass is 16.5. The molecule has 6 nitrogen and oxygen atoms in total. The van der Waals surface area contributed by atoms with Crippen molar-refractivity contribution in [2.24, 2.45) is 0 Å². The number of rotatable bonds is 8. The molecule has 2 aromatic carbocycles. The summed E-state index contributed by atoms with van der Waals surface area (Å²) in [5.41, 5.74) is 3.65. The van der Waals surface area contributed by atoms with Gasteiger partial charge in [0.25, 0.3) is 5.91 Å². The fourth-order valence-electron chi connectivity index (χ4n) is 3.67. The summed E-state index contributed by atoms with van der Waals surface area (Å²) >= 11 is 0. The first-order valence-electron chi connectivity index (χ1n) is 10.9. The van der Waals surface area contributed by atoms with E-state index in [-0.39, 0.29) is 5.91 Å². The molecule has 0 N–H and O–H groups in total. The van der Waals surface area contributed by atoms with Crippen LogP contribution < -0.4 is 4.74 Å². The van der Waals surface area contributed by atoms with Crippen LogP contribution in [-0.2, 0) is 13.1 Å². The van der Waals surface area contributed by atoms with E-state index in [0.717, 1.165) is 22.6 Å². The Balaban J connectivity index is 1.49. The maximum absolute atomic E-state index is 12.8. The average molecular weight is 429 g/mol. The van der Waals surface area contributed by atoms with Crippen molar-refractivity contribution >= 4 is 16.9 Å². The number of pyridine rings is 1. The van der Waals surface area contributed by atoms with Crippen molar-refractivity contribution in [2.75, 3.05) is 13.7 Å². The highest BCUT2D eigenvalue weighted by Gasteiger charge is 2.17. The van der Waals surface area contributed by atoms with Gasteiger partial charge in [-0.25, -0.2) is 4.98 Å². The van der Waals surface area contributed by atoms with E-state index < -0.39 is 0 Å². The zero-order chi connectivity index (χ0) is 22.5. The van der Waals surface area contributed by atoms with Gasteiger partial charge in [0.2, 0.25) is 0 Å². The van der Waals surface area contributed by atoms with Crippen molar-refractivity contribution < 1.29 is 9.53 Å². The summed E-state index contributed by atoms with van der Waals surface area (Å²) in [5.74, 6) is 2.03. The van der Waals surface area contributed by atoms with E-state index in [2.05, 4.69) is 35.5 Å². The van der Waals surface area contributed by atoms with Gasteiger partial charge in [-0.05, 0) is 47.9 Å². The molecule has 1 amide bonds. The fourth-order valence-corrected chi connectivity index (χ4v) is 3.67. The van der Waals surface area contributed by atoms with Crippen LogP contribution in [0.15, 0.2) is 72.9 Å². The summed E-state index contributed by atoms with van der Waals surface area (Å²) in [6, 6.07) is 21.6. The second-order valence-corrected chi connectivity index (χ2v) is 8.12. The molecule has 0 radical (unpaired) electrons. The first-order chi connectivity index (χ1) is 15.5. The Morgan fingerprint density at radius 1 is 1.03 bits per heavy atom. The number of carbonyl (C=O) groups excluding carboxylic acids is 1. The van der Waals surface area contributed by atoms with Gasteiger partial charge in [0.05, 0.1) is 24.1 Å². The summed E-state index contributed by atoms with van der Waals surface area (Å²) in [7, 11) is 1.77. The van der Waals surface area contributed by atoms with Gasteiger partial charge >= 0.3 is 0 Å². The quantitative estimate of drug-likeness (QED) is 0.400. The molecule has 0 spiro atoms. The topological polar surface area (TPSA) is 60.2 Å². The Morgan fingerprint density at radius 3 is 2.50 bits per heavy atom. The maximum atomic E-state index is 12.8. The van der Waals surface area contributed by atoms with Gasteiger partial charge in [-0.15, -0.1) is 0 Å². The molecule has 6 heteroatoms. The predicted molar refractivity (Wildman–Crippen MR) is 126 cm³/mol. The molecule has 0 saturated carbocycles. The van der Waals surface area contributed by atoms with E-state index in [1.54, 1.807) is 30.3 Å². The van der Waals surface area contributed by atoms with Crippen LogP contribution in [0, 0.1) is 0 Å².